The zero-order valence-corrected chi connectivity index (χ0v) is 16.9. The van der Waals surface area contributed by atoms with Gasteiger partial charge >= 0.3 is 0 Å². The first-order chi connectivity index (χ1) is 13.5. The Kier molecular flexibility index (Phi) is 5.21. The lowest BCUT2D eigenvalue weighted by atomic mass is 10.2. The standard InChI is InChI=1S/C19H15N3O3S3/c23-27(16-8-2-1-3-9-16)13-14-6-4-7-15(12-14)22-28(24,25)18-11-5-10-17-19(18)21-26-20-17/h1-12,22H,13H2. The Balaban J connectivity index is 1.56. The molecule has 0 amide bonds. The topological polar surface area (TPSA) is 88.0 Å². The lowest BCUT2D eigenvalue weighted by molar-refractivity contribution is 0.601. The van der Waals surface area contributed by atoms with E-state index in [-0.39, 0.29) is 4.90 Å². The molecule has 0 radical (unpaired) electrons. The van der Waals surface area contributed by atoms with Gasteiger partial charge < -0.3 is 0 Å². The summed E-state index contributed by atoms with van der Waals surface area (Å²) in [5, 5.41) is 0. The van der Waals surface area contributed by atoms with Crippen molar-refractivity contribution in [3.63, 3.8) is 0 Å². The summed E-state index contributed by atoms with van der Waals surface area (Å²) in [7, 11) is -5.04. The monoisotopic (exact) mass is 429 g/mol. The number of anilines is 1. The second kappa shape index (κ2) is 7.78. The van der Waals surface area contributed by atoms with Crippen LogP contribution in [0.5, 0.6) is 0 Å². The van der Waals surface area contributed by atoms with Crippen molar-refractivity contribution in [2.45, 2.75) is 15.5 Å². The van der Waals surface area contributed by atoms with E-state index in [1.807, 2.05) is 36.4 Å². The highest BCUT2D eigenvalue weighted by Gasteiger charge is 2.22. The summed E-state index contributed by atoms with van der Waals surface area (Å²) in [6.07, 6.45) is 0. The van der Waals surface area contributed by atoms with Gasteiger partial charge in [-0.05, 0) is 42.0 Å². The van der Waals surface area contributed by atoms with Crippen LogP contribution in [0.4, 0.5) is 17.1 Å². The van der Waals surface area contributed by atoms with Crippen molar-refractivity contribution in [2.75, 3.05) is 4.72 Å². The summed E-state index contributed by atoms with van der Waals surface area (Å²) in [5.41, 5.74) is 2.07. The number of benzene rings is 3. The van der Waals surface area contributed by atoms with Crippen molar-refractivity contribution in [3.8, 4) is 0 Å². The highest BCUT2D eigenvalue weighted by molar-refractivity contribution is 7.93. The van der Waals surface area contributed by atoms with E-state index in [2.05, 4.69) is 13.4 Å². The fraction of sp³-hybridized carbons (Fsp3) is 0.0526. The van der Waals surface area contributed by atoms with E-state index in [9.17, 15) is 12.6 Å². The van der Waals surface area contributed by atoms with Gasteiger partial charge in [0.25, 0.3) is 10.0 Å². The maximum Gasteiger partial charge on any atom is 0.264 e. The Labute approximate surface area is 169 Å². The Bertz CT molecular complexity index is 1240. The molecule has 1 unspecified atom stereocenters. The summed E-state index contributed by atoms with van der Waals surface area (Å²) in [4.78, 5) is 0.813. The van der Waals surface area contributed by atoms with Crippen LogP contribution < -0.4 is 4.72 Å². The van der Waals surface area contributed by atoms with Gasteiger partial charge in [-0.1, -0.05) is 36.4 Å². The quantitative estimate of drug-likeness (QED) is 0.489. The predicted molar refractivity (Wildman–Crippen MR) is 112 cm³/mol. The van der Waals surface area contributed by atoms with E-state index >= 15 is 0 Å². The minimum absolute atomic E-state index is 0.0806. The van der Waals surface area contributed by atoms with Crippen LogP contribution in [0.2, 0.25) is 0 Å². The first kappa shape index (κ1) is 18.7. The third kappa shape index (κ3) is 3.96. The molecule has 142 valence electrons. The van der Waals surface area contributed by atoms with Crippen molar-refractivity contribution in [1.29, 1.82) is 0 Å². The lowest BCUT2D eigenvalue weighted by Gasteiger charge is -2.11. The molecule has 1 N–H and O–H groups in total. The molecule has 1 atom stereocenters. The zero-order chi connectivity index (χ0) is 19.6. The molecular weight excluding hydrogens is 414 g/mol. The number of hydrogen-bond acceptors (Lipinski definition) is 5. The van der Waals surface area contributed by atoms with Gasteiger partial charge in [0.15, 0.2) is 0 Å². The first-order valence-electron chi connectivity index (χ1n) is 8.29. The predicted octanol–water partition coefficient (Wildman–Crippen LogP) is 4.52. The van der Waals surface area contributed by atoms with Crippen molar-refractivity contribution in [2.24, 2.45) is 8.73 Å². The van der Waals surface area contributed by atoms with Crippen molar-refractivity contribution >= 4 is 49.2 Å². The summed E-state index contributed by atoms with van der Waals surface area (Å²) in [6, 6.07) is 20.9. The van der Waals surface area contributed by atoms with Crippen LogP contribution in [-0.2, 0) is 37.9 Å². The van der Waals surface area contributed by atoms with Gasteiger partial charge in [0.1, 0.15) is 16.3 Å². The molecule has 0 bridgehead atoms. The summed E-state index contributed by atoms with van der Waals surface area (Å²) >= 11 is 0.971. The van der Waals surface area contributed by atoms with Crippen molar-refractivity contribution < 1.29 is 12.6 Å². The Morgan fingerprint density at radius 2 is 1.71 bits per heavy atom. The van der Waals surface area contributed by atoms with Gasteiger partial charge in [0.2, 0.25) is 0 Å². The van der Waals surface area contributed by atoms with E-state index in [1.54, 1.807) is 30.3 Å². The Hall–Kier alpha value is -2.62. The number of nitrogens with zero attached hydrogens (tertiary/aromatic N) is 2. The molecule has 3 aromatic carbocycles. The second-order valence-electron chi connectivity index (χ2n) is 6.00. The molecule has 0 saturated heterocycles. The van der Waals surface area contributed by atoms with Crippen molar-refractivity contribution in [1.82, 2.24) is 0 Å². The third-order valence-electron chi connectivity index (χ3n) is 4.02. The molecule has 28 heavy (non-hydrogen) atoms. The fourth-order valence-electron chi connectivity index (χ4n) is 2.74. The lowest BCUT2D eigenvalue weighted by Crippen LogP contribution is -2.13. The summed E-state index contributed by atoms with van der Waals surface area (Å²) < 4.78 is 48.9. The molecular formula is C19H15N3O3S3. The fourth-order valence-corrected chi connectivity index (χ4v) is 5.67. The zero-order valence-electron chi connectivity index (χ0n) is 14.5. The van der Waals surface area contributed by atoms with Gasteiger partial charge in [0.05, 0.1) is 27.9 Å². The smallest absolute Gasteiger partial charge is 0.264 e. The molecule has 0 fully saturated rings. The average molecular weight is 430 g/mol. The highest BCUT2D eigenvalue weighted by Crippen LogP contribution is 2.37. The van der Waals surface area contributed by atoms with Gasteiger partial charge in [-0.2, -0.15) is 8.73 Å². The van der Waals surface area contributed by atoms with Crippen molar-refractivity contribution in [3.05, 3.63) is 78.4 Å². The second-order valence-corrected chi connectivity index (χ2v) is 9.63. The van der Waals surface area contributed by atoms with E-state index < -0.39 is 20.8 Å². The average Bonchev–Trinajstić information content (AvgIpc) is 3.17. The highest BCUT2D eigenvalue weighted by atomic mass is 32.2. The molecule has 1 heterocycles. The van der Waals surface area contributed by atoms with E-state index in [1.165, 1.54) is 6.07 Å². The number of fused-ring (bicyclic) bond motifs is 1. The van der Waals surface area contributed by atoms with E-state index in [4.69, 9.17) is 0 Å². The summed E-state index contributed by atoms with van der Waals surface area (Å²) in [5.74, 6) is 0.297. The Morgan fingerprint density at radius 3 is 2.54 bits per heavy atom. The van der Waals surface area contributed by atoms with Crippen LogP contribution in [-0.4, -0.2) is 12.6 Å². The maximum absolute atomic E-state index is 12.8. The van der Waals surface area contributed by atoms with Crippen LogP contribution in [0.15, 0.2) is 91.3 Å². The molecule has 6 nitrogen and oxygen atoms in total. The van der Waals surface area contributed by atoms with Crippen LogP contribution in [0.1, 0.15) is 5.56 Å². The number of hydrogen-bond donors (Lipinski definition) is 1. The van der Waals surface area contributed by atoms with Gasteiger partial charge in [-0.25, -0.2) is 8.42 Å². The minimum atomic E-state index is -3.83. The van der Waals surface area contributed by atoms with Gasteiger partial charge in [0, 0.05) is 10.6 Å². The molecule has 9 heteroatoms. The minimum Gasteiger partial charge on any atom is -0.280 e. The number of sulfonamides is 1. The largest absolute Gasteiger partial charge is 0.280 e. The van der Waals surface area contributed by atoms with Crippen LogP contribution in [0.25, 0.3) is 0 Å². The molecule has 3 aromatic rings. The molecule has 1 aliphatic rings. The number of nitrogens with one attached hydrogen (secondary N) is 1. The molecule has 0 aliphatic carbocycles. The SMILES string of the molecule is O=S(Cc1cccc(NS(=O)(=O)c2cccc3c2N=S=N3)c1)c1ccccc1. The van der Waals surface area contributed by atoms with Crippen LogP contribution in [0.3, 0.4) is 0 Å². The Morgan fingerprint density at radius 1 is 0.929 bits per heavy atom. The first-order valence-corrected chi connectivity index (χ1v) is 11.8. The van der Waals surface area contributed by atoms with Crippen LogP contribution >= 0.6 is 0 Å². The van der Waals surface area contributed by atoms with E-state index in [0.29, 0.717) is 22.8 Å². The molecule has 0 aromatic heterocycles. The third-order valence-corrected chi connectivity index (χ3v) is 7.37. The molecule has 1 aliphatic heterocycles. The summed E-state index contributed by atoms with van der Waals surface area (Å²) in [6.45, 7) is 0. The maximum atomic E-state index is 12.8. The van der Waals surface area contributed by atoms with E-state index in [0.717, 1.165) is 21.8 Å². The van der Waals surface area contributed by atoms with Gasteiger partial charge in [-0.15, -0.1) is 0 Å². The van der Waals surface area contributed by atoms with Crippen LogP contribution in [0, 0.1) is 0 Å². The number of rotatable bonds is 6. The van der Waals surface area contributed by atoms with Gasteiger partial charge in [-0.3, -0.25) is 8.93 Å². The molecule has 4 rings (SSSR count). The molecule has 0 saturated carbocycles. The normalized spacial score (nSPS) is 13.6. The molecule has 0 spiro atoms.